The van der Waals surface area contributed by atoms with Gasteiger partial charge in [0, 0.05) is 6.04 Å². The maximum atomic E-state index is 12.8. The molecule has 1 aromatic rings. The van der Waals surface area contributed by atoms with Gasteiger partial charge in [-0.2, -0.15) is 17.6 Å². The van der Waals surface area contributed by atoms with Crippen LogP contribution in [0.15, 0.2) is 24.3 Å². The molecule has 0 amide bonds. The van der Waals surface area contributed by atoms with Gasteiger partial charge < -0.3 is 10.5 Å². The molecule has 0 bridgehead atoms. The first kappa shape index (κ1) is 15.8. The first-order valence-electron chi connectivity index (χ1n) is 6.07. The lowest BCUT2D eigenvalue weighted by molar-refractivity contribution is -0.253. The van der Waals surface area contributed by atoms with Crippen molar-refractivity contribution in [2.24, 2.45) is 5.73 Å². The summed E-state index contributed by atoms with van der Waals surface area (Å²) in [5, 5.41) is 0. The van der Waals surface area contributed by atoms with Gasteiger partial charge in [0.2, 0.25) is 0 Å². The maximum Gasteiger partial charge on any atom is 0.461 e. The van der Waals surface area contributed by atoms with Crippen LogP contribution in [0.5, 0.6) is 5.75 Å². The standard InChI is InChI=1S/C13H17F4NO/c1-2-3-7-11(18)9-5-4-6-10(8-9)19-13(16,17)12(14)15/h4-6,8,11-12H,2-3,7,18H2,1H3/t11-/m0/s1. The first-order valence-corrected chi connectivity index (χ1v) is 6.07. The number of unbranched alkanes of at least 4 members (excludes halogenated alkanes) is 1. The normalized spacial score (nSPS) is 13.6. The van der Waals surface area contributed by atoms with E-state index in [0.717, 1.165) is 12.8 Å². The number of halogens is 4. The zero-order valence-corrected chi connectivity index (χ0v) is 10.6. The highest BCUT2D eigenvalue weighted by Crippen LogP contribution is 2.29. The van der Waals surface area contributed by atoms with E-state index in [1.54, 1.807) is 6.07 Å². The Hall–Kier alpha value is -1.30. The average molecular weight is 279 g/mol. The van der Waals surface area contributed by atoms with E-state index in [2.05, 4.69) is 4.74 Å². The highest BCUT2D eigenvalue weighted by Gasteiger charge is 2.43. The van der Waals surface area contributed by atoms with Crippen molar-refractivity contribution in [3.8, 4) is 5.75 Å². The molecule has 2 N–H and O–H groups in total. The fourth-order valence-corrected chi connectivity index (χ4v) is 1.60. The van der Waals surface area contributed by atoms with Crippen molar-refractivity contribution in [3.63, 3.8) is 0 Å². The SMILES string of the molecule is CCCC[C@H](N)c1cccc(OC(F)(F)C(F)F)c1. The first-order chi connectivity index (χ1) is 8.86. The van der Waals surface area contributed by atoms with Crippen molar-refractivity contribution in [2.45, 2.75) is 44.8 Å². The van der Waals surface area contributed by atoms with Gasteiger partial charge in [-0.25, -0.2) is 0 Å². The van der Waals surface area contributed by atoms with Crippen LogP contribution in [-0.4, -0.2) is 12.5 Å². The van der Waals surface area contributed by atoms with E-state index in [1.807, 2.05) is 6.92 Å². The van der Waals surface area contributed by atoms with Gasteiger partial charge in [0.05, 0.1) is 0 Å². The predicted octanol–water partition coefficient (Wildman–Crippen LogP) is 4.11. The fraction of sp³-hybridized carbons (Fsp3) is 0.538. The van der Waals surface area contributed by atoms with Gasteiger partial charge in [-0.1, -0.05) is 31.9 Å². The number of hydrogen-bond donors (Lipinski definition) is 1. The molecule has 0 radical (unpaired) electrons. The molecule has 0 aliphatic carbocycles. The summed E-state index contributed by atoms with van der Waals surface area (Å²) in [4.78, 5) is 0. The van der Waals surface area contributed by atoms with E-state index in [0.29, 0.717) is 12.0 Å². The number of alkyl halides is 4. The molecule has 1 atom stereocenters. The topological polar surface area (TPSA) is 35.2 Å². The van der Waals surface area contributed by atoms with E-state index >= 15 is 0 Å². The van der Waals surface area contributed by atoms with E-state index in [1.165, 1.54) is 18.2 Å². The van der Waals surface area contributed by atoms with Crippen molar-refractivity contribution < 1.29 is 22.3 Å². The van der Waals surface area contributed by atoms with Gasteiger partial charge in [0.15, 0.2) is 0 Å². The summed E-state index contributed by atoms with van der Waals surface area (Å²) in [6.07, 6.45) is -5.80. The Balaban J connectivity index is 2.77. The van der Waals surface area contributed by atoms with Crippen molar-refractivity contribution in [1.82, 2.24) is 0 Å². The monoisotopic (exact) mass is 279 g/mol. The number of benzene rings is 1. The minimum atomic E-state index is -4.49. The molecule has 1 aromatic carbocycles. The number of hydrogen-bond acceptors (Lipinski definition) is 2. The maximum absolute atomic E-state index is 12.8. The summed E-state index contributed by atoms with van der Waals surface area (Å²) < 4.78 is 53.6. The average Bonchev–Trinajstić information content (AvgIpc) is 2.35. The lowest BCUT2D eigenvalue weighted by Gasteiger charge is -2.18. The minimum Gasteiger partial charge on any atom is -0.428 e. The van der Waals surface area contributed by atoms with Crippen LogP contribution in [0.4, 0.5) is 17.6 Å². The molecule has 0 spiro atoms. The Labute approximate surface area is 109 Å². The van der Waals surface area contributed by atoms with E-state index in [-0.39, 0.29) is 11.8 Å². The van der Waals surface area contributed by atoms with Crippen LogP contribution in [0.1, 0.15) is 37.8 Å². The van der Waals surface area contributed by atoms with Crippen LogP contribution in [0.3, 0.4) is 0 Å². The number of rotatable bonds is 7. The van der Waals surface area contributed by atoms with E-state index in [4.69, 9.17) is 5.73 Å². The second-order valence-corrected chi connectivity index (χ2v) is 4.29. The molecule has 0 saturated heterocycles. The molecule has 0 aliphatic heterocycles. The summed E-state index contributed by atoms with van der Waals surface area (Å²) in [5.41, 5.74) is 6.48. The molecule has 0 fully saturated rings. The Morgan fingerprint density at radius 2 is 2.00 bits per heavy atom. The lowest BCUT2D eigenvalue weighted by Crippen LogP contribution is -2.33. The largest absolute Gasteiger partial charge is 0.461 e. The second-order valence-electron chi connectivity index (χ2n) is 4.29. The van der Waals surface area contributed by atoms with E-state index < -0.39 is 12.5 Å². The van der Waals surface area contributed by atoms with Crippen molar-refractivity contribution >= 4 is 0 Å². The van der Waals surface area contributed by atoms with Crippen molar-refractivity contribution in [1.29, 1.82) is 0 Å². The van der Waals surface area contributed by atoms with Crippen molar-refractivity contribution in [3.05, 3.63) is 29.8 Å². The molecule has 19 heavy (non-hydrogen) atoms. The molecule has 0 saturated carbocycles. The van der Waals surface area contributed by atoms with Gasteiger partial charge in [-0.15, -0.1) is 0 Å². The number of nitrogens with two attached hydrogens (primary N) is 1. The lowest BCUT2D eigenvalue weighted by atomic mass is 10.0. The molecule has 0 aliphatic rings. The third kappa shape index (κ3) is 4.70. The summed E-state index contributed by atoms with van der Waals surface area (Å²) >= 11 is 0. The second kappa shape index (κ2) is 6.75. The Morgan fingerprint density at radius 1 is 1.32 bits per heavy atom. The zero-order chi connectivity index (χ0) is 14.5. The van der Waals surface area contributed by atoms with Gasteiger partial charge in [-0.05, 0) is 24.1 Å². The highest BCUT2D eigenvalue weighted by molar-refractivity contribution is 5.30. The van der Waals surface area contributed by atoms with Gasteiger partial charge >= 0.3 is 12.5 Å². The van der Waals surface area contributed by atoms with Crippen LogP contribution < -0.4 is 10.5 Å². The molecule has 108 valence electrons. The molecule has 0 heterocycles. The molecule has 6 heteroatoms. The fourth-order valence-electron chi connectivity index (χ4n) is 1.60. The summed E-state index contributed by atoms with van der Waals surface area (Å²) in [6.45, 7) is 2.01. The Bertz CT molecular complexity index is 398. The molecule has 1 rings (SSSR count). The minimum absolute atomic E-state index is 0.310. The predicted molar refractivity (Wildman–Crippen MR) is 64.5 cm³/mol. The summed E-state index contributed by atoms with van der Waals surface area (Å²) in [5.74, 6) is -0.310. The van der Waals surface area contributed by atoms with Crippen LogP contribution >= 0.6 is 0 Å². The highest BCUT2D eigenvalue weighted by atomic mass is 19.3. The third-order valence-corrected chi connectivity index (χ3v) is 2.66. The van der Waals surface area contributed by atoms with Crippen molar-refractivity contribution in [2.75, 3.05) is 0 Å². The Morgan fingerprint density at radius 3 is 2.58 bits per heavy atom. The van der Waals surface area contributed by atoms with Gasteiger partial charge in [0.1, 0.15) is 5.75 Å². The van der Waals surface area contributed by atoms with Gasteiger partial charge in [0.25, 0.3) is 0 Å². The summed E-state index contributed by atoms with van der Waals surface area (Å²) in [6, 6.07) is 5.28. The third-order valence-electron chi connectivity index (χ3n) is 2.66. The molecular weight excluding hydrogens is 262 g/mol. The molecule has 2 nitrogen and oxygen atoms in total. The quantitative estimate of drug-likeness (QED) is 0.762. The molecule has 0 unspecified atom stereocenters. The summed E-state index contributed by atoms with van der Waals surface area (Å²) in [7, 11) is 0. The van der Waals surface area contributed by atoms with Crippen LogP contribution in [-0.2, 0) is 0 Å². The van der Waals surface area contributed by atoms with Gasteiger partial charge in [-0.3, -0.25) is 0 Å². The smallest absolute Gasteiger partial charge is 0.428 e. The molecular formula is C13H17F4NO. The Kier molecular flexibility index (Phi) is 5.60. The van der Waals surface area contributed by atoms with Crippen LogP contribution in [0.2, 0.25) is 0 Å². The number of ether oxygens (including phenoxy) is 1. The van der Waals surface area contributed by atoms with E-state index in [9.17, 15) is 17.6 Å². The van der Waals surface area contributed by atoms with Crippen LogP contribution in [0.25, 0.3) is 0 Å². The van der Waals surface area contributed by atoms with Crippen LogP contribution in [0, 0.1) is 0 Å². The zero-order valence-electron chi connectivity index (χ0n) is 10.6. The molecule has 0 aromatic heterocycles.